The highest BCUT2D eigenvalue weighted by Gasteiger charge is 2.23. The van der Waals surface area contributed by atoms with E-state index in [1.54, 1.807) is 31.3 Å². The number of aryl methyl sites for hydroxylation is 1. The van der Waals surface area contributed by atoms with E-state index in [4.69, 9.17) is 4.98 Å². The van der Waals surface area contributed by atoms with Crippen molar-refractivity contribution in [3.63, 3.8) is 0 Å². The van der Waals surface area contributed by atoms with Crippen LogP contribution in [0.4, 0.5) is 5.69 Å². The van der Waals surface area contributed by atoms with Gasteiger partial charge in [-0.05, 0) is 60.5 Å². The summed E-state index contributed by atoms with van der Waals surface area (Å²) < 4.78 is 1.83. The summed E-state index contributed by atoms with van der Waals surface area (Å²) in [6.07, 6.45) is 2.51. The van der Waals surface area contributed by atoms with Gasteiger partial charge in [0.25, 0.3) is 5.91 Å². The molecular weight excluding hydrogens is 422 g/mol. The van der Waals surface area contributed by atoms with Crippen molar-refractivity contribution in [3.05, 3.63) is 71.4 Å². The summed E-state index contributed by atoms with van der Waals surface area (Å²) >= 11 is 0. The molecule has 2 amide bonds. The van der Waals surface area contributed by atoms with Crippen molar-refractivity contribution in [2.24, 2.45) is 0 Å². The first-order valence-electron chi connectivity index (χ1n) is 10.3. The number of hydrogen-bond donors (Lipinski definition) is 3. The molecule has 9 heteroatoms. The molecule has 0 radical (unpaired) electrons. The average Bonchev–Trinajstić information content (AvgIpc) is 3.21. The van der Waals surface area contributed by atoms with Crippen LogP contribution in [0.2, 0.25) is 0 Å². The van der Waals surface area contributed by atoms with E-state index in [2.05, 4.69) is 15.6 Å². The Hall–Kier alpha value is -4.53. The number of nitrogens with zero attached hydrogens (tertiary/aromatic N) is 3. The van der Waals surface area contributed by atoms with Crippen LogP contribution in [0.25, 0.3) is 28.2 Å². The smallest absolute Gasteiger partial charge is 0.338 e. The third kappa shape index (κ3) is 3.49. The molecule has 1 aliphatic heterocycles. The van der Waals surface area contributed by atoms with E-state index in [0.29, 0.717) is 35.3 Å². The van der Waals surface area contributed by atoms with Crippen molar-refractivity contribution in [2.75, 3.05) is 12.4 Å². The number of carboxylic acid groups (broad SMARTS) is 1. The SMILES string of the molecule is CNC(=O)c1ccc2c(c1)nc(-c1ncccc1C(=O)O)n2-c1ccc2c(c1)CCC(=O)N2. The largest absolute Gasteiger partial charge is 0.478 e. The van der Waals surface area contributed by atoms with Gasteiger partial charge in [0.05, 0.1) is 16.6 Å². The summed E-state index contributed by atoms with van der Waals surface area (Å²) in [4.78, 5) is 44.8. The van der Waals surface area contributed by atoms with Crippen LogP contribution < -0.4 is 10.6 Å². The van der Waals surface area contributed by atoms with Gasteiger partial charge in [0.2, 0.25) is 5.91 Å². The molecule has 0 atom stereocenters. The molecule has 0 bridgehead atoms. The average molecular weight is 441 g/mol. The molecule has 164 valence electrons. The lowest BCUT2D eigenvalue weighted by Gasteiger charge is -2.19. The van der Waals surface area contributed by atoms with Crippen LogP contribution >= 0.6 is 0 Å². The zero-order valence-electron chi connectivity index (χ0n) is 17.6. The lowest BCUT2D eigenvalue weighted by Crippen LogP contribution is -2.19. The van der Waals surface area contributed by atoms with E-state index in [-0.39, 0.29) is 23.1 Å². The number of carboxylic acids is 1. The van der Waals surface area contributed by atoms with Gasteiger partial charge in [-0.1, -0.05) is 0 Å². The molecule has 0 unspecified atom stereocenters. The minimum Gasteiger partial charge on any atom is -0.478 e. The molecule has 3 heterocycles. The number of imidazole rings is 1. The van der Waals surface area contributed by atoms with Crippen LogP contribution in [0, 0.1) is 0 Å². The zero-order valence-corrected chi connectivity index (χ0v) is 17.6. The maximum Gasteiger partial charge on any atom is 0.338 e. The second kappa shape index (κ2) is 7.86. The van der Waals surface area contributed by atoms with Crippen molar-refractivity contribution in [3.8, 4) is 17.2 Å². The molecule has 1 aliphatic rings. The molecule has 5 rings (SSSR count). The van der Waals surface area contributed by atoms with Gasteiger partial charge in [0, 0.05) is 36.6 Å². The van der Waals surface area contributed by atoms with E-state index in [9.17, 15) is 19.5 Å². The van der Waals surface area contributed by atoms with Gasteiger partial charge < -0.3 is 15.7 Å². The normalized spacial score (nSPS) is 12.8. The van der Waals surface area contributed by atoms with Crippen LogP contribution in [-0.4, -0.2) is 44.5 Å². The van der Waals surface area contributed by atoms with Gasteiger partial charge in [0.1, 0.15) is 5.69 Å². The number of hydrogen-bond acceptors (Lipinski definition) is 5. The number of fused-ring (bicyclic) bond motifs is 2. The van der Waals surface area contributed by atoms with E-state index < -0.39 is 5.97 Å². The minimum absolute atomic E-state index is 0.0193. The van der Waals surface area contributed by atoms with Crippen molar-refractivity contribution < 1.29 is 19.5 Å². The van der Waals surface area contributed by atoms with E-state index >= 15 is 0 Å². The summed E-state index contributed by atoms with van der Waals surface area (Å²) in [7, 11) is 1.55. The van der Waals surface area contributed by atoms with E-state index in [1.165, 1.54) is 12.3 Å². The van der Waals surface area contributed by atoms with Crippen LogP contribution in [0.15, 0.2) is 54.7 Å². The van der Waals surface area contributed by atoms with Crippen LogP contribution in [0.5, 0.6) is 0 Å². The first-order chi connectivity index (χ1) is 16.0. The van der Waals surface area contributed by atoms with Crippen molar-refractivity contribution >= 4 is 34.5 Å². The topological polar surface area (TPSA) is 126 Å². The molecule has 4 aromatic rings. The first kappa shape index (κ1) is 20.4. The van der Waals surface area contributed by atoms with Gasteiger partial charge in [-0.15, -0.1) is 0 Å². The van der Waals surface area contributed by atoms with Crippen molar-refractivity contribution in [1.29, 1.82) is 0 Å². The van der Waals surface area contributed by atoms with Crippen molar-refractivity contribution in [1.82, 2.24) is 19.9 Å². The molecule has 0 spiro atoms. The lowest BCUT2D eigenvalue weighted by atomic mass is 10.0. The van der Waals surface area contributed by atoms with Gasteiger partial charge in [-0.25, -0.2) is 9.78 Å². The number of aromatic carboxylic acids is 1. The van der Waals surface area contributed by atoms with Gasteiger partial charge in [0.15, 0.2) is 5.82 Å². The van der Waals surface area contributed by atoms with E-state index in [1.807, 2.05) is 22.8 Å². The number of rotatable bonds is 4. The number of anilines is 1. The molecule has 3 N–H and O–H groups in total. The molecule has 9 nitrogen and oxygen atoms in total. The fraction of sp³-hybridized carbons (Fsp3) is 0.125. The Morgan fingerprint density at radius 3 is 2.76 bits per heavy atom. The highest BCUT2D eigenvalue weighted by atomic mass is 16.4. The summed E-state index contributed by atoms with van der Waals surface area (Å²) in [6.45, 7) is 0. The number of carbonyl (C=O) groups is 3. The number of carbonyl (C=O) groups excluding carboxylic acids is 2. The van der Waals surface area contributed by atoms with Crippen LogP contribution in [0.3, 0.4) is 0 Å². The van der Waals surface area contributed by atoms with E-state index in [0.717, 1.165) is 16.9 Å². The number of aromatic nitrogens is 3. The molecule has 2 aromatic carbocycles. The fourth-order valence-electron chi connectivity index (χ4n) is 4.05. The molecule has 2 aromatic heterocycles. The molecule has 33 heavy (non-hydrogen) atoms. The van der Waals surface area contributed by atoms with Crippen molar-refractivity contribution in [2.45, 2.75) is 12.8 Å². The Morgan fingerprint density at radius 1 is 1.12 bits per heavy atom. The Labute approximate surface area is 188 Å². The number of benzene rings is 2. The first-order valence-corrected chi connectivity index (χ1v) is 10.3. The highest BCUT2D eigenvalue weighted by molar-refractivity contribution is 5.99. The Balaban J connectivity index is 1.78. The Morgan fingerprint density at radius 2 is 1.97 bits per heavy atom. The van der Waals surface area contributed by atoms with Crippen LogP contribution in [-0.2, 0) is 11.2 Å². The fourth-order valence-corrected chi connectivity index (χ4v) is 4.05. The zero-order chi connectivity index (χ0) is 23.1. The van der Waals surface area contributed by atoms with Crippen LogP contribution in [0.1, 0.15) is 32.7 Å². The monoisotopic (exact) mass is 441 g/mol. The third-order valence-electron chi connectivity index (χ3n) is 5.64. The second-order valence-corrected chi connectivity index (χ2v) is 7.65. The molecule has 0 fully saturated rings. The summed E-state index contributed by atoms with van der Waals surface area (Å²) in [5.41, 5.74) is 4.37. The quantitative estimate of drug-likeness (QED) is 0.447. The second-order valence-electron chi connectivity index (χ2n) is 7.65. The number of amides is 2. The summed E-state index contributed by atoms with van der Waals surface area (Å²) in [5, 5.41) is 15.2. The van der Waals surface area contributed by atoms with Gasteiger partial charge in [-0.3, -0.25) is 19.1 Å². The lowest BCUT2D eigenvalue weighted by molar-refractivity contribution is -0.116. The molecule has 0 saturated carbocycles. The maximum absolute atomic E-state index is 12.1. The predicted octanol–water partition coefficient (Wildman–Crippen LogP) is 3.03. The van der Waals surface area contributed by atoms with Gasteiger partial charge >= 0.3 is 5.97 Å². The number of pyridine rings is 1. The summed E-state index contributed by atoms with van der Waals surface area (Å²) in [5.74, 6) is -1.04. The minimum atomic E-state index is -1.11. The standard InChI is InChI=1S/C24H19N5O4/c1-25-23(31)14-4-8-19-18(12-14)28-22(21-16(24(32)33)3-2-10-26-21)29(19)15-6-7-17-13(11-15)5-9-20(30)27-17/h2-4,6-8,10-12H,5,9H2,1H3,(H,25,31)(H,27,30)(H,32,33). The highest BCUT2D eigenvalue weighted by Crippen LogP contribution is 2.32. The molecule has 0 saturated heterocycles. The number of nitrogens with one attached hydrogen (secondary N) is 2. The van der Waals surface area contributed by atoms with Gasteiger partial charge in [-0.2, -0.15) is 0 Å². The Bertz CT molecular complexity index is 1460. The summed E-state index contributed by atoms with van der Waals surface area (Å²) in [6, 6.07) is 13.8. The molecule has 0 aliphatic carbocycles. The molecular formula is C24H19N5O4. The predicted molar refractivity (Wildman–Crippen MR) is 122 cm³/mol. The Kier molecular flexibility index (Phi) is 4.86. The third-order valence-corrected chi connectivity index (χ3v) is 5.64. The maximum atomic E-state index is 12.1.